The zero-order chi connectivity index (χ0) is 10.0. The molecule has 0 bridgehead atoms. The molecular formula is C7H7BrF2N2O. The van der Waals surface area contributed by atoms with Crippen LogP contribution < -0.4 is 5.73 Å². The summed E-state index contributed by atoms with van der Waals surface area (Å²) >= 11 is 2.91. The van der Waals surface area contributed by atoms with Gasteiger partial charge in [0.1, 0.15) is 10.4 Å². The summed E-state index contributed by atoms with van der Waals surface area (Å²) in [7, 11) is 0. The first kappa shape index (κ1) is 10.3. The van der Waals surface area contributed by atoms with Gasteiger partial charge in [-0.3, -0.25) is 0 Å². The minimum Gasteiger partial charge on any atom is -0.505 e. The van der Waals surface area contributed by atoms with Crippen molar-refractivity contribution in [3.63, 3.8) is 0 Å². The Labute approximate surface area is 81.7 Å². The third-order valence-corrected chi connectivity index (χ3v) is 2.08. The number of hydrogen-bond donors (Lipinski definition) is 2. The molecule has 0 amide bonds. The molecule has 0 fully saturated rings. The lowest BCUT2D eigenvalue weighted by Crippen LogP contribution is -2.05. The smallest absolute Gasteiger partial charge is 0.265 e. The minimum atomic E-state index is -2.68. The van der Waals surface area contributed by atoms with Crippen molar-refractivity contribution in [2.45, 2.75) is 13.0 Å². The summed E-state index contributed by atoms with van der Waals surface area (Å²) in [6, 6.07) is 0.962. The van der Waals surface area contributed by atoms with E-state index in [1.807, 2.05) is 0 Å². The second kappa shape index (κ2) is 3.97. The van der Waals surface area contributed by atoms with Crippen molar-refractivity contribution < 1.29 is 13.9 Å². The van der Waals surface area contributed by atoms with Crippen LogP contribution in [0.4, 0.5) is 8.78 Å². The van der Waals surface area contributed by atoms with E-state index in [-0.39, 0.29) is 28.2 Å². The second-order valence-corrected chi connectivity index (χ2v) is 3.09. The average Bonchev–Trinajstić information content (AvgIpc) is 2.08. The molecule has 3 N–H and O–H groups in total. The Balaban J connectivity index is 3.25. The number of halogens is 3. The first-order chi connectivity index (χ1) is 6.06. The van der Waals surface area contributed by atoms with E-state index in [1.54, 1.807) is 0 Å². The maximum absolute atomic E-state index is 12.3. The zero-order valence-electron chi connectivity index (χ0n) is 6.47. The molecule has 1 heterocycles. The van der Waals surface area contributed by atoms with E-state index in [4.69, 9.17) is 10.8 Å². The Morgan fingerprint density at radius 2 is 2.23 bits per heavy atom. The summed E-state index contributed by atoms with van der Waals surface area (Å²) in [5.74, 6) is -0.312. The summed E-state index contributed by atoms with van der Waals surface area (Å²) in [6.45, 7) is -0.0848. The van der Waals surface area contributed by atoms with Gasteiger partial charge in [-0.15, -0.1) is 0 Å². The highest BCUT2D eigenvalue weighted by Gasteiger charge is 2.16. The standard InChI is InChI=1S/C7H7BrF2N2O/c8-6-5(13)1-3(7(9)10)4(2-11)12-6/h1,7,13H,2,11H2. The van der Waals surface area contributed by atoms with Crippen LogP contribution in [0.1, 0.15) is 17.7 Å². The number of rotatable bonds is 2. The van der Waals surface area contributed by atoms with Gasteiger partial charge in [-0.25, -0.2) is 13.8 Å². The topological polar surface area (TPSA) is 59.1 Å². The second-order valence-electron chi connectivity index (χ2n) is 2.34. The lowest BCUT2D eigenvalue weighted by molar-refractivity contribution is 0.149. The Morgan fingerprint density at radius 1 is 1.62 bits per heavy atom. The van der Waals surface area contributed by atoms with Gasteiger partial charge in [0.25, 0.3) is 6.43 Å². The van der Waals surface area contributed by atoms with Gasteiger partial charge < -0.3 is 10.8 Å². The fourth-order valence-electron chi connectivity index (χ4n) is 0.883. The number of pyridine rings is 1. The molecule has 0 saturated carbocycles. The Kier molecular flexibility index (Phi) is 3.16. The van der Waals surface area contributed by atoms with Gasteiger partial charge in [-0.1, -0.05) is 0 Å². The van der Waals surface area contributed by atoms with Crippen molar-refractivity contribution in [2.75, 3.05) is 0 Å². The molecule has 13 heavy (non-hydrogen) atoms. The molecule has 72 valence electrons. The monoisotopic (exact) mass is 252 g/mol. The predicted molar refractivity (Wildman–Crippen MR) is 46.5 cm³/mol. The summed E-state index contributed by atoms with van der Waals surface area (Å²) in [5.41, 5.74) is 4.96. The SMILES string of the molecule is NCc1nc(Br)c(O)cc1C(F)F. The van der Waals surface area contributed by atoms with E-state index in [9.17, 15) is 8.78 Å². The molecule has 0 aliphatic carbocycles. The first-order valence-corrected chi connectivity index (χ1v) is 4.22. The molecule has 0 saturated heterocycles. The fraction of sp³-hybridized carbons (Fsp3) is 0.286. The number of aromatic nitrogens is 1. The van der Waals surface area contributed by atoms with Crippen LogP contribution in [0.25, 0.3) is 0 Å². The lowest BCUT2D eigenvalue weighted by Gasteiger charge is -2.07. The van der Waals surface area contributed by atoms with E-state index in [1.165, 1.54) is 0 Å². The van der Waals surface area contributed by atoms with E-state index in [0.717, 1.165) is 6.07 Å². The normalized spacial score (nSPS) is 10.8. The predicted octanol–water partition coefficient (Wildman–Crippen LogP) is 1.95. The summed E-state index contributed by atoms with van der Waals surface area (Å²) in [5, 5.41) is 9.09. The molecule has 0 spiro atoms. The maximum atomic E-state index is 12.3. The van der Waals surface area contributed by atoms with Crippen molar-refractivity contribution in [3.05, 3.63) is 21.9 Å². The summed E-state index contributed by atoms with van der Waals surface area (Å²) in [4.78, 5) is 3.67. The van der Waals surface area contributed by atoms with Gasteiger partial charge in [-0.2, -0.15) is 0 Å². The maximum Gasteiger partial charge on any atom is 0.265 e. The molecule has 0 aromatic carbocycles. The van der Waals surface area contributed by atoms with Crippen molar-refractivity contribution in [1.82, 2.24) is 4.98 Å². The number of nitrogens with two attached hydrogens (primary N) is 1. The van der Waals surface area contributed by atoms with Crippen molar-refractivity contribution in [2.24, 2.45) is 5.73 Å². The number of nitrogens with zero attached hydrogens (tertiary/aromatic N) is 1. The van der Waals surface area contributed by atoms with Crippen LogP contribution in [0.3, 0.4) is 0 Å². The number of alkyl halides is 2. The van der Waals surface area contributed by atoms with Crippen molar-refractivity contribution in [3.8, 4) is 5.75 Å². The molecule has 1 aromatic heterocycles. The quantitative estimate of drug-likeness (QED) is 0.792. The van der Waals surface area contributed by atoms with Gasteiger partial charge in [0, 0.05) is 12.1 Å². The summed E-state index contributed by atoms with van der Waals surface area (Å²) in [6.07, 6.45) is -2.68. The van der Waals surface area contributed by atoms with Crippen LogP contribution in [0.15, 0.2) is 10.7 Å². The molecule has 1 aromatic rings. The van der Waals surface area contributed by atoms with E-state index in [2.05, 4.69) is 20.9 Å². The van der Waals surface area contributed by atoms with E-state index in [0.29, 0.717) is 0 Å². The highest BCUT2D eigenvalue weighted by Crippen LogP contribution is 2.29. The highest BCUT2D eigenvalue weighted by molar-refractivity contribution is 9.10. The Hall–Kier alpha value is -0.750. The molecule has 0 radical (unpaired) electrons. The summed E-state index contributed by atoms with van der Waals surface area (Å²) < 4.78 is 24.7. The fourth-order valence-corrected chi connectivity index (χ4v) is 1.21. The molecular weight excluding hydrogens is 246 g/mol. The van der Waals surface area contributed by atoms with Gasteiger partial charge in [0.05, 0.1) is 5.69 Å². The molecule has 0 aliphatic rings. The third kappa shape index (κ3) is 2.13. The molecule has 1 rings (SSSR count). The molecule has 0 aliphatic heterocycles. The molecule has 0 unspecified atom stereocenters. The van der Waals surface area contributed by atoms with Gasteiger partial charge in [-0.05, 0) is 22.0 Å². The van der Waals surface area contributed by atoms with Crippen molar-refractivity contribution in [1.29, 1.82) is 0 Å². The van der Waals surface area contributed by atoms with E-state index < -0.39 is 6.43 Å². The van der Waals surface area contributed by atoms with Gasteiger partial charge in [0.2, 0.25) is 0 Å². The minimum absolute atomic E-state index is 0.0830. The Morgan fingerprint density at radius 3 is 2.69 bits per heavy atom. The Bertz CT molecular complexity index is 320. The molecule has 3 nitrogen and oxygen atoms in total. The van der Waals surface area contributed by atoms with Crippen LogP contribution in [-0.2, 0) is 6.54 Å². The largest absolute Gasteiger partial charge is 0.505 e. The van der Waals surface area contributed by atoms with Crippen LogP contribution in [0.5, 0.6) is 5.75 Å². The van der Waals surface area contributed by atoms with Crippen molar-refractivity contribution >= 4 is 15.9 Å². The third-order valence-electron chi connectivity index (χ3n) is 1.50. The van der Waals surface area contributed by atoms with Crippen LogP contribution in [0, 0.1) is 0 Å². The molecule has 6 heteroatoms. The number of aromatic hydroxyl groups is 1. The highest BCUT2D eigenvalue weighted by atomic mass is 79.9. The molecule has 0 atom stereocenters. The van der Waals surface area contributed by atoms with Crippen LogP contribution in [0.2, 0.25) is 0 Å². The van der Waals surface area contributed by atoms with E-state index >= 15 is 0 Å². The van der Waals surface area contributed by atoms with Gasteiger partial charge in [0.15, 0.2) is 0 Å². The van der Waals surface area contributed by atoms with Crippen LogP contribution in [-0.4, -0.2) is 10.1 Å². The lowest BCUT2D eigenvalue weighted by atomic mass is 10.2. The average molecular weight is 253 g/mol. The number of hydrogen-bond acceptors (Lipinski definition) is 3. The van der Waals surface area contributed by atoms with Crippen LogP contribution >= 0.6 is 15.9 Å². The first-order valence-electron chi connectivity index (χ1n) is 3.42. The van der Waals surface area contributed by atoms with Gasteiger partial charge >= 0.3 is 0 Å². The zero-order valence-corrected chi connectivity index (χ0v) is 8.05.